The molecule has 0 unspecified atom stereocenters. The van der Waals surface area contributed by atoms with Gasteiger partial charge in [0, 0.05) is 29.3 Å². The molecule has 0 aliphatic carbocycles. The first-order valence-corrected chi connectivity index (χ1v) is 21.5. The Morgan fingerprint density at radius 2 is 1.72 bits per heavy atom. The molecule has 2 N–H and O–H groups in total. The number of anilines is 3. The second kappa shape index (κ2) is 13.7. The van der Waals surface area contributed by atoms with Crippen molar-refractivity contribution >= 4 is 43.1 Å². The molecule has 4 aromatic carbocycles. The van der Waals surface area contributed by atoms with Crippen LogP contribution in [-0.2, 0) is 44.2 Å². The zero-order valence-corrected chi connectivity index (χ0v) is 31.9. The highest BCUT2D eigenvalue weighted by Crippen LogP contribution is 2.60. The quantitative estimate of drug-likeness (QED) is 0.229. The summed E-state index contributed by atoms with van der Waals surface area (Å²) in [7, 11) is -1.50. The molecule has 280 valence electrons. The van der Waals surface area contributed by atoms with E-state index in [1.54, 1.807) is 21.8 Å². The Hall–Kier alpha value is -5.01. The minimum absolute atomic E-state index is 0.0455. The number of aliphatic hydroxyl groups excluding tert-OH is 1. The second-order valence-corrected chi connectivity index (χ2v) is 19.3. The van der Waals surface area contributed by atoms with Crippen LogP contribution in [-0.4, -0.2) is 73.3 Å². The van der Waals surface area contributed by atoms with Crippen LogP contribution in [0.2, 0.25) is 18.6 Å². The molecule has 1 spiro atoms. The molecule has 4 aliphatic heterocycles. The summed E-state index contributed by atoms with van der Waals surface area (Å²) < 4.78 is 18.3. The van der Waals surface area contributed by atoms with Gasteiger partial charge in [-0.05, 0) is 78.7 Å². The van der Waals surface area contributed by atoms with E-state index in [2.05, 4.69) is 0 Å². The first kappa shape index (κ1) is 36.0. The van der Waals surface area contributed by atoms with Crippen LogP contribution in [0.4, 0.5) is 17.1 Å². The van der Waals surface area contributed by atoms with Crippen molar-refractivity contribution in [2.75, 3.05) is 30.1 Å². The summed E-state index contributed by atoms with van der Waals surface area (Å²) in [6, 6.07) is 28.0. The Morgan fingerprint density at radius 3 is 2.48 bits per heavy atom. The Morgan fingerprint density at radius 1 is 0.963 bits per heavy atom. The third-order valence-corrected chi connectivity index (χ3v) is 14.2. The highest BCUT2D eigenvalue weighted by molar-refractivity contribution is 6.71. The van der Waals surface area contributed by atoms with Gasteiger partial charge in [0.25, 0.3) is 11.8 Å². The summed E-state index contributed by atoms with van der Waals surface area (Å²) >= 11 is 0. The van der Waals surface area contributed by atoms with Crippen molar-refractivity contribution < 1.29 is 38.5 Å². The number of rotatable bonds is 8. The average Bonchev–Trinajstić information content (AvgIpc) is 3.59. The summed E-state index contributed by atoms with van der Waals surface area (Å²) in [4.78, 5) is 59.4. The van der Waals surface area contributed by atoms with Crippen LogP contribution < -0.4 is 19.3 Å². The van der Waals surface area contributed by atoms with Crippen LogP contribution in [0.3, 0.4) is 0 Å². The van der Waals surface area contributed by atoms with E-state index in [0.29, 0.717) is 47.1 Å². The molecule has 4 heterocycles. The smallest absolute Gasteiger partial charge is 0.269 e. The molecule has 3 amide bonds. The number of ether oxygens (including phenoxy) is 3. The Bertz CT molecular complexity index is 2140. The second-order valence-electron chi connectivity index (χ2n) is 15.3. The molecule has 1 saturated heterocycles. The summed E-state index contributed by atoms with van der Waals surface area (Å²) in [6.07, 6.45) is -0.257. The summed E-state index contributed by atoms with van der Waals surface area (Å²) in [5, 5.41) is 10.3. The van der Waals surface area contributed by atoms with E-state index < -0.39 is 31.5 Å². The van der Waals surface area contributed by atoms with Gasteiger partial charge in [-0.1, -0.05) is 55.5 Å². The number of carbonyl (C=O) groups is 3. The van der Waals surface area contributed by atoms with Crippen molar-refractivity contribution in [1.82, 2.24) is 4.90 Å². The molecule has 0 saturated carbocycles. The fourth-order valence-corrected chi connectivity index (χ4v) is 11.8. The summed E-state index contributed by atoms with van der Waals surface area (Å²) in [6.45, 7) is 5.91. The van der Waals surface area contributed by atoms with Crippen molar-refractivity contribution in [2.45, 2.75) is 69.2 Å². The zero-order valence-electron chi connectivity index (χ0n) is 30.9. The third-order valence-electron chi connectivity index (χ3n) is 11.7. The van der Waals surface area contributed by atoms with Gasteiger partial charge >= 0.3 is 0 Å². The molecule has 4 aromatic rings. The maximum atomic E-state index is 15.1. The lowest BCUT2D eigenvalue weighted by molar-refractivity contribution is -0.151. The van der Waals surface area contributed by atoms with Crippen LogP contribution in [0.15, 0.2) is 91.0 Å². The lowest BCUT2D eigenvalue weighted by Gasteiger charge is -2.37. The molecule has 0 bridgehead atoms. The van der Waals surface area contributed by atoms with Gasteiger partial charge in [0.1, 0.15) is 11.5 Å². The number of aliphatic hydroxyl groups is 1. The Labute approximate surface area is 315 Å². The minimum Gasteiger partial charge on any atom is -0.497 e. The molecule has 5 atom stereocenters. The monoisotopic (exact) mass is 747 g/mol. The van der Waals surface area contributed by atoms with Gasteiger partial charge in [0.05, 0.1) is 50.2 Å². The van der Waals surface area contributed by atoms with E-state index >= 15 is 4.79 Å². The van der Waals surface area contributed by atoms with E-state index in [1.165, 1.54) is 0 Å². The van der Waals surface area contributed by atoms with Crippen LogP contribution in [0.1, 0.15) is 35.6 Å². The standard InChI is InChI=1S/C42H45N3O8Si/c1-26-40(54(3,4)50)37(21-38(47)43-23-29-12-6-5-11-28(29)19-31(43)24-46)53-42(26)33-20-32(51-2)16-17-34(33)44(41(42)49)22-27-10-9-13-30(18-27)45-35-14-7-8-15-36(35)52-25-39(45)48/h5-18,20,26,31,37,40,46,50H,19,21-25H2,1-4H3/t26-,31-,37+,40-,42+/m0/s1. The number of nitrogens with zero attached hydrogens (tertiary/aromatic N) is 3. The maximum Gasteiger partial charge on any atom is 0.269 e. The number of hydrogen-bond acceptors (Lipinski definition) is 8. The highest BCUT2D eigenvalue weighted by Gasteiger charge is 2.66. The Kier molecular flexibility index (Phi) is 9.12. The van der Waals surface area contributed by atoms with Gasteiger partial charge in [-0.15, -0.1) is 0 Å². The van der Waals surface area contributed by atoms with Crippen molar-refractivity contribution in [3.8, 4) is 11.5 Å². The first-order valence-electron chi connectivity index (χ1n) is 18.5. The third kappa shape index (κ3) is 5.88. The van der Waals surface area contributed by atoms with Gasteiger partial charge in [-0.25, -0.2) is 0 Å². The van der Waals surface area contributed by atoms with Gasteiger partial charge < -0.3 is 33.9 Å². The van der Waals surface area contributed by atoms with E-state index in [-0.39, 0.29) is 49.9 Å². The van der Waals surface area contributed by atoms with Crippen molar-refractivity contribution in [2.24, 2.45) is 5.92 Å². The van der Waals surface area contributed by atoms with E-state index in [0.717, 1.165) is 16.7 Å². The van der Waals surface area contributed by atoms with Crippen molar-refractivity contribution in [1.29, 1.82) is 0 Å². The van der Waals surface area contributed by atoms with E-state index in [9.17, 15) is 19.5 Å². The Balaban J connectivity index is 1.13. The zero-order chi connectivity index (χ0) is 37.9. The first-order chi connectivity index (χ1) is 25.9. The molecule has 12 heteroatoms. The van der Waals surface area contributed by atoms with Crippen molar-refractivity contribution in [3.05, 3.63) is 113 Å². The largest absolute Gasteiger partial charge is 0.497 e. The predicted octanol–water partition coefficient (Wildman–Crippen LogP) is 5.43. The van der Waals surface area contributed by atoms with Crippen LogP contribution in [0.25, 0.3) is 0 Å². The number of carbonyl (C=O) groups excluding carboxylic acids is 3. The molecule has 4 aliphatic rings. The molecule has 54 heavy (non-hydrogen) atoms. The predicted molar refractivity (Wildman–Crippen MR) is 205 cm³/mol. The number of benzene rings is 4. The number of para-hydroxylation sites is 2. The van der Waals surface area contributed by atoms with Crippen molar-refractivity contribution in [3.63, 3.8) is 0 Å². The molecular formula is C42H45N3O8Si. The fraction of sp³-hybridized carbons (Fsp3) is 0.357. The van der Waals surface area contributed by atoms with Crippen LogP contribution >= 0.6 is 0 Å². The fourth-order valence-electron chi connectivity index (χ4n) is 9.23. The number of hydrogen-bond donors (Lipinski definition) is 2. The van der Waals surface area contributed by atoms with Gasteiger partial charge in [-0.3, -0.25) is 19.3 Å². The van der Waals surface area contributed by atoms with Gasteiger partial charge in [0.15, 0.2) is 20.5 Å². The minimum atomic E-state index is -3.07. The molecule has 11 nitrogen and oxygen atoms in total. The van der Waals surface area contributed by atoms with E-state index in [4.69, 9.17) is 14.2 Å². The molecular weight excluding hydrogens is 703 g/mol. The molecule has 8 rings (SSSR count). The maximum absolute atomic E-state index is 15.1. The molecule has 0 aromatic heterocycles. The summed E-state index contributed by atoms with van der Waals surface area (Å²) in [5.74, 6) is 0.00724. The van der Waals surface area contributed by atoms with Gasteiger partial charge in [0.2, 0.25) is 5.91 Å². The number of fused-ring (bicyclic) bond motifs is 4. The highest BCUT2D eigenvalue weighted by atomic mass is 28.4. The lowest BCUT2D eigenvalue weighted by atomic mass is 9.82. The van der Waals surface area contributed by atoms with E-state index in [1.807, 2.05) is 111 Å². The van der Waals surface area contributed by atoms with Gasteiger partial charge in [-0.2, -0.15) is 0 Å². The van der Waals surface area contributed by atoms with Crippen LogP contribution in [0.5, 0.6) is 11.5 Å². The molecule has 0 radical (unpaired) electrons. The van der Waals surface area contributed by atoms with Crippen LogP contribution in [0, 0.1) is 5.92 Å². The topological polar surface area (TPSA) is 129 Å². The lowest BCUT2D eigenvalue weighted by Crippen LogP contribution is -2.48. The number of methoxy groups -OCH3 is 1. The number of amides is 3. The normalized spacial score (nSPS) is 24.7. The molecule has 1 fully saturated rings. The average molecular weight is 748 g/mol. The SMILES string of the molecule is COc1ccc2c(c1)[C@@]1(O[C@H](CC(=O)N3Cc4ccccc4C[C@H]3CO)[C@@H]([Si](C)(C)O)[C@@H]1C)C(=O)N2Cc1cccc(N2C(=O)COc3ccccc32)c1. The summed E-state index contributed by atoms with van der Waals surface area (Å²) in [5.41, 5.74) is 3.57.